The molecule has 0 nitrogen and oxygen atoms in total. The molecule has 0 heterocycles. The van der Waals surface area contributed by atoms with Crippen LogP contribution in [-0.4, -0.2) is 0 Å². The van der Waals surface area contributed by atoms with Crippen LogP contribution in [0.25, 0.3) is 27.8 Å². The van der Waals surface area contributed by atoms with E-state index in [0.29, 0.717) is 29.6 Å². The first-order chi connectivity index (χ1) is 34.1. The summed E-state index contributed by atoms with van der Waals surface area (Å²) in [5.74, 6) is 2.66. The van der Waals surface area contributed by atoms with E-state index in [1.54, 1.807) is 0 Å². The van der Waals surface area contributed by atoms with E-state index in [9.17, 15) is 0 Å². The topological polar surface area (TPSA) is 0 Å². The molecule has 0 fully saturated rings. The normalized spacial score (nSPS) is 20.4. The third-order valence-corrected chi connectivity index (χ3v) is 16.1. The van der Waals surface area contributed by atoms with E-state index < -0.39 is 0 Å². The van der Waals surface area contributed by atoms with Gasteiger partial charge in [-0.25, -0.2) is 0 Å². The first-order valence-corrected chi connectivity index (χ1v) is 27.2. The number of aryl methyl sites for hydroxylation is 1. The molecule has 0 aromatic heterocycles. The average Bonchev–Trinajstić information content (AvgIpc) is 3.64. The molecule has 0 saturated carbocycles. The fourth-order valence-corrected chi connectivity index (χ4v) is 12.2. The molecule has 0 N–H and O–H groups in total. The van der Waals surface area contributed by atoms with Crippen molar-refractivity contribution in [3.05, 3.63) is 242 Å². The third-order valence-electron chi connectivity index (χ3n) is 16.1. The van der Waals surface area contributed by atoms with Crippen molar-refractivity contribution in [2.75, 3.05) is 0 Å². The lowest BCUT2D eigenvalue weighted by molar-refractivity contribution is 0.580. The van der Waals surface area contributed by atoms with Crippen LogP contribution in [0.4, 0.5) is 0 Å². The Morgan fingerprint density at radius 3 is 1.93 bits per heavy atom. The molecule has 9 rings (SSSR count). The Bertz CT molecular complexity index is 2870. The monoisotopic (exact) mass is 921 g/mol. The summed E-state index contributed by atoms with van der Waals surface area (Å²) < 4.78 is 0. The van der Waals surface area contributed by atoms with Crippen LogP contribution in [0.15, 0.2) is 198 Å². The van der Waals surface area contributed by atoms with Crippen molar-refractivity contribution in [2.45, 2.75) is 144 Å². The van der Waals surface area contributed by atoms with Gasteiger partial charge in [-0.15, -0.1) is 0 Å². The second-order valence-electron chi connectivity index (χ2n) is 20.6. The van der Waals surface area contributed by atoms with Crippen LogP contribution in [0, 0.1) is 11.8 Å². The van der Waals surface area contributed by atoms with Gasteiger partial charge in [0.25, 0.3) is 0 Å². The lowest BCUT2D eigenvalue weighted by Crippen LogP contribution is -2.09. The zero-order chi connectivity index (χ0) is 49.3. The summed E-state index contributed by atoms with van der Waals surface area (Å²) in [7, 11) is 0. The second-order valence-corrected chi connectivity index (χ2v) is 20.6. The number of benzene rings is 5. The SMILES string of the molecule is CC.CCC1=C(C2=CCCC=C2)C(C)C=C(c2ccc(-c3ccc4c(c3)C(C)=C(c3ccccc3C(C)CC(C)c3ccccc3C(C)CC)C(C)CC4)cc2)C=C1C1=CCC(c2ccccc2)C=C1. The smallest absolute Gasteiger partial charge is 0.00561 e. The number of rotatable bonds is 13. The molecule has 6 unspecified atom stereocenters. The predicted molar refractivity (Wildman–Crippen MR) is 306 cm³/mol. The number of fused-ring (bicyclic) bond motifs is 1. The Labute approximate surface area is 424 Å². The van der Waals surface area contributed by atoms with Crippen molar-refractivity contribution >= 4 is 16.7 Å². The molecule has 360 valence electrons. The van der Waals surface area contributed by atoms with Crippen LogP contribution in [0.1, 0.15) is 182 Å². The third kappa shape index (κ3) is 10.8. The first kappa shape index (κ1) is 50.4. The van der Waals surface area contributed by atoms with Crippen LogP contribution in [0.3, 0.4) is 0 Å². The summed E-state index contributed by atoms with van der Waals surface area (Å²) in [5, 5.41) is 0. The number of hydrogen-bond donors (Lipinski definition) is 0. The van der Waals surface area contributed by atoms with Crippen LogP contribution < -0.4 is 0 Å². The maximum Gasteiger partial charge on any atom is 0.00561 e. The van der Waals surface area contributed by atoms with E-state index in [-0.39, 0.29) is 5.92 Å². The van der Waals surface area contributed by atoms with Crippen molar-refractivity contribution in [1.29, 1.82) is 0 Å². The van der Waals surface area contributed by atoms with Crippen molar-refractivity contribution in [3.63, 3.8) is 0 Å². The summed E-state index contributed by atoms with van der Waals surface area (Å²) in [6.45, 7) is 23.2. The van der Waals surface area contributed by atoms with Crippen LogP contribution >= 0.6 is 0 Å². The number of allylic oxidation sites excluding steroid dienone is 16. The minimum Gasteiger partial charge on any atom is -0.0836 e. The van der Waals surface area contributed by atoms with Gasteiger partial charge in [0.15, 0.2) is 0 Å². The van der Waals surface area contributed by atoms with Crippen molar-refractivity contribution in [2.24, 2.45) is 11.8 Å². The molecule has 0 spiro atoms. The summed E-state index contributed by atoms with van der Waals surface area (Å²) in [6, 6.07) is 46.3. The largest absolute Gasteiger partial charge is 0.0836 e. The van der Waals surface area contributed by atoms with Crippen molar-refractivity contribution in [3.8, 4) is 11.1 Å². The summed E-state index contributed by atoms with van der Waals surface area (Å²) in [4.78, 5) is 0. The fourth-order valence-electron chi connectivity index (χ4n) is 12.2. The molecule has 0 radical (unpaired) electrons. The van der Waals surface area contributed by atoms with Gasteiger partial charge in [0.05, 0.1) is 0 Å². The van der Waals surface area contributed by atoms with Gasteiger partial charge in [0.2, 0.25) is 0 Å². The molecule has 4 aliphatic rings. The molecule has 4 aliphatic carbocycles. The van der Waals surface area contributed by atoms with Gasteiger partial charge < -0.3 is 0 Å². The minimum absolute atomic E-state index is 0.284. The molecule has 6 atom stereocenters. The zero-order valence-corrected chi connectivity index (χ0v) is 44.3. The molecule has 5 aromatic rings. The highest BCUT2D eigenvalue weighted by atomic mass is 14.3. The Kier molecular flexibility index (Phi) is 16.8. The van der Waals surface area contributed by atoms with Gasteiger partial charge in [-0.1, -0.05) is 220 Å². The molecule has 0 heteroatoms. The highest BCUT2D eigenvalue weighted by Gasteiger charge is 2.28. The van der Waals surface area contributed by atoms with E-state index in [1.165, 1.54) is 107 Å². The lowest BCUT2D eigenvalue weighted by Gasteiger charge is -2.26. The second kappa shape index (κ2) is 23.3. The highest BCUT2D eigenvalue weighted by Crippen LogP contribution is 2.46. The number of hydrogen-bond acceptors (Lipinski definition) is 0. The van der Waals surface area contributed by atoms with Gasteiger partial charge in [0, 0.05) is 11.8 Å². The van der Waals surface area contributed by atoms with Gasteiger partial charge in [-0.3, -0.25) is 0 Å². The van der Waals surface area contributed by atoms with Gasteiger partial charge in [-0.2, -0.15) is 0 Å². The Morgan fingerprint density at radius 2 is 1.26 bits per heavy atom. The van der Waals surface area contributed by atoms with Gasteiger partial charge >= 0.3 is 0 Å². The molecule has 0 amide bonds. The van der Waals surface area contributed by atoms with Crippen molar-refractivity contribution in [1.82, 2.24) is 0 Å². The molecule has 0 bridgehead atoms. The van der Waals surface area contributed by atoms with Crippen LogP contribution in [-0.2, 0) is 6.42 Å². The molecule has 0 aliphatic heterocycles. The summed E-state index contributed by atoms with van der Waals surface area (Å²) in [6.07, 6.45) is 28.4. The fraction of sp³-hybridized carbons (Fsp3) is 0.343. The zero-order valence-electron chi connectivity index (χ0n) is 44.3. The molecule has 70 heavy (non-hydrogen) atoms. The summed E-state index contributed by atoms with van der Waals surface area (Å²) >= 11 is 0. The molecular weight excluding hydrogens is 841 g/mol. The Hall–Kier alpha value is -5.98. The van der Waals surface area contributed by atoms with E-state index in [0.717, 1.165) is 44.9 Å². The Morgan fingerprint density at radius 1 is 0.600 bits per heavy atom. The van der Waals surface area contributed by atoms with Crippen LogP contribution in [0.5, 0.6) is 0 Å². The van der Waals surface area contributed by atoms with Gasteiger partial charge in [0.1, 0.15) is 0 Å². The van der Waals surface area contributed by atoms with E-state index in [1.807, 2.05) is 13.8 Å². The van der Waals surface area contributed by atoms with E-state index in [4.69, 9.17) is 0 Å². The molecule has 0 saturated heterocycles. The summed E-state index contributed by atoms with van der Waals surface area (Å²) in [5.41, 5.74) is 25.4. The Balaban J connectivity index is 0.00000325. The first-order valence-electron chi connectivity index (χ1n) is 27.2. The predicted octanol–water partition coefficient (Wildman–Crippen LogP) is 20.3. The van der Waals surface area contributed by atoms with E-state index >= 15 is 0 Å². The molecular formula is C70H80. The van der Waals surface area contributed by atoms with Crippen molar-refractivity contribution < 1.29 is 0 Å². The maximum atomic E-state index is 2.53. The average molecular weight is 921 g/mol. The van der Waals surface area contributed by atoms with E-state index in [2.05, 4.69) is 225 Å². The maximum absolute atomic E-state index is 2.53. The lowest BCUT2D eigenvalue weighted by atomic mass is 9.78. The quantitative estimate of drug-likeness (QED) is 0.110. The minimum atomic E-state index is 0.284. The molecule has 5 aromatic carbocycles. The van der Waals surface area contributed by atoms with Gasteiger partial charge in [-0.05, 0) is 194 Å². The highest BCUT2D eigenvalue weighted by molar-refractivity contribution is 5.94. The standard InChI is InChI=1S/C68H74.C2H6/c1-9-45(3)61-25-17-18-26-62(61)47(5)41-48(6)63-27-19-20-28-64(63)67-46(4)29-30-55-39-40-58(43-65(55)50(67)8)53-31-33-54(34-32-53)59-42-49(7)68(57-23-15-12-16-24-57)60(10-2)66(44-59)56-37-35-52(36-38-56)51-21-13-11-14-22-51;1-2/h11,13-15,17-28,31-35,37-40,42-49,52H,9-10,12,16,29-30,36,41H2,1-8H3;1-2H3. The van der Waals surface area contributed by atoms with Crippen LogP contribution in [0.2, 0.25) is 0 Å².